The average Bonchev–Trinajstić information content (AvgIpc) is 1.46. The van der Waals surface area contributed by atoms with Gasteiger partial charge in [0.25, 0.3) is 0 Å². The summed E-state index contributed by atoms with van der Waals surface area (Å²) in [5.41, 5.74) is 0. The van der Waals surface area contributed by atoms with Gasteiger partial charge in [-0.15, -0.1) is 0 Å². The molecule has 0 rings (SSSR count). The Bertz CT molecular complexity index is 35.3. The molecule has 0 aromatic rings. The summed E-state index contributed by atoms with van der Waals surface area (Å²) in [5.74, 6) is 0. The van der Waals surface area contributed by atoms with Crippen molar-refractivity contribution in [3.8, 4) is 0 Å². The zero-order valence-corrected chi connectivity index (χ0v) is 5.17. The maximum Gasteiger partial charge on any atom is 0.335 e. The van der Waals surface area contributed by atoms with Crippen LogP contribution >= 0.6 is 13.5 Å². The molecule has 6 heavy (non-hydrogen) atoms. The molecular formula is H2O3S3. The van der Waals surface area contributed by atoms with E-state index in [9.17, 15) is 0 Å². The van der Waals surface area contributed by atoms with E-state index in [-0.39, 0.29) is 13.5 Å². The molecule has 0 spiro atoms. The van der Waals surface area contributed by atoms with Crippen LogP contribution < -0.4 is 0 Å². The van der Waals surface area contributed by atoms with Crippen molar-refractivity contribution in [3.63, 3.8) is 0 Å². The van der Waals surface area contributed by atoms with Crippen LogP contribution in [0.15, 0.2) is 0 Å². The van der Waals surface area contributed by atoms with Crippen molar-refractivity contribution in [3.05, 3.63) is 0 Å². The van der Waals surface area contributed by atoms with E-state index in [0.717, 1.165) is 0 Å². The van der Waals surface area contributed by atoms with Crippen molar-refractivity contribution in [2.45, 2.75) is 0 Å². The molecule has 38 valence electrons. The van der Waals surface area contributed by atoms with Gasteiger partial charge in [-0.25, -0.2) is 0 Å². The molecular weight excluding hydrogens is 144 g/mol. The van der Waals surface area contributed by atoms with Gasteiger partial charge < -0.3 is 0 Å². The molecule has 0 saturated heterocycles. The second-order valence-electron chi connectivity index (χ2n) is 0.0680. The summed E-state index contributed by atoms with van der Waals surface area (Å²) in [6.45, 7) is 0. The van der Waals surface area contributed by atoms with E-state index in [1.54, 1.807) is 0 Å². The molecule has 0 aromatic heterocycles. The third-order valence-electron chi connectivity index (χ3n) is 0. The van der Waals surface area contributed by atoms with E-state index in [2.05, 4.69) is 12.5 Å². The van der Waals surface area contributed by atoms with Gasteiger partial charge in [0.15, 0.2) is 12.5 Å². The zero-order chi connectivity index (χ0) is 4.71. The van der Waals surface area contributed by atoms with Crippen LogP contribution in [0.2, 0.25) is 0 Å². The molecule has 0 atom stereocenters. The highest BCUT2D eigenvalue weighted by Gasteiger charge is 1.12. The second-order valence-corrected chi connectivity index (χ2v) is 0.204. The van der Waals surface area contributed by atoms with Gasteiger partial charge in [-0.2, -0.15) is 26.1 Å². The third kappa shape index (κ3) is 1180. The molecule has 6 heteroatoms. The van der Waals surface area contributed by atoms with Crippen LogP contribution in [0.25, 0.3) is 0 Å². The molecule has 0 amide bonds. The Labute approximate surface area is 50.7 Å². The van der Waals surface area contributed by atoms with E-state index in [1.807, 2.05) is 0 Å². The monoisotopic (exact) mass is 146 g/mol. The quantitative estimate of drug-likeness (QED) is 0.444. The SMILES string of the molecule is O=S.O=S=O.S. The first-order chi connectivity index (χ1) is 2.41. The molecule has 0 N–H and O–H groups in total. The van der Waals surface area contributed by atoms with Crippen LogP contribution in [-0.4, -0.2) is 12.6 Å². The normalized spacial score (nSPS) is 2.67. The highest BCUT2D eigenvalue weighted by Crippen LogP contribution is 0.846. The lowest BCUT2D eigenvalue weighted by atomic mass is 15.9. The van der Waals surface area contributed by atoms with Crippen LogP contribution in [0.1, 0.15) is 0 Å². The van der Waals surface area contributed by atoms with Gasteiger partial charge in [-0.3, -0.25) is 0 Å². The molecule has 0 fully saturated rings. The molecule has 0 aliphatic heterocycles. The van der Waals surface area contributed by atoms with Gasteiger partial charge >= 0.3 is 11.6 Å². The summed E-state index contributed by atoms with van der Waals surface area (Å²) >= 11 is 2.08. The lowest BCUT2D eigenvalue weighted by Crippen LogP contribution is -1.18. The summed E-state index contributed by atoms with van der Waals surface area (Å²) in [6.07, 6.45) is 0. The highest BCUT2D eigenvalue weighted by molar-refractivity contribution is 7.59. The van der Waals surface area contributed by atoms with Crippen molar-refractivity contribution in [1.29, 1.82) is 0 Å². The van der Waals surface area contributed by atoms with Gasteiger partial charge in [0.05, 0.1) is 0 Å². The standard InChI is InChI=1S/O2S.OS.H2S/c1-3-2;1-2;/h;;1H2. The fourth-order valence-electron chi connectivity index (χ4n) is 0. The van der Waals surface area contributed by atoms with Gasteiger partial charge in [0.1, 0.15) is 0 Å². The van der Waals surface area contributed by atoms with Crippen molar-refractivity contribution < 1.29 is 12.6 Å². The van der Waals surface area contributed by atoms with E-state index in [0.29, 0.717) is 0 Å². The average molecular weight is 146 g/mol. The minimum Gasteiger partial charge on any atom is -0.197 e. The van der Waals surface area contributed by atoms with Gasteiger partial charge in [0.2, 0.25) is 0 Å². The molecule has 0 aromatic carbocycles. The Kier molecular flexibility index (Phi) is 176. The van der Waals surface area contributed by atoms with Crippen LogP contribution in [0, 0.1) is 0 Å². The smallest absolute Gasteiger partial charge is 0.197 e. The van der Waals surface area contributed by atoms with Crippen molar-refractivity contribution in [1.82, 2.24) is 0 Å². The topological polar surface area (TPSA) is 51.2 Å². The van der Waals surface area contributed by atoms with E-state index >= 15 is 0 Å². The van der Waals surface area contributed by atoms with Crippen LogP contribution in [0.5, 0.6) is 0 Å². The van der Waals surface area contributed by atoms with Crippen LogP contribution in [0.3, 0.4) is 0 Å². The van der Waals surface area contributed by atoms with Gasteiger partial charge in [0, 0.05) is 0 Å². The maximum absolute atomic E-state index is 8.29. The van der Waals surface area contributed by atoms with E-state index in [4.69, 9.17) is 12.6 Å². The van der Waals surface area contributed by atoms with Crippen molar-refractivity contribution >= 4 is 37.6 Å². The van der Waals surface area contributed by atoms with Crippen LogP contribution in [0.4, 0.5) is 0 Å². The molecule has 3 nitrogen and oxygen atoms in total. The zero-order valence-electron chi connectivity index (χ0n) is 2.54. The lowest BCUT2D eigenvalue weighted by Gasteiger charge is -0.947. The Balaban J connectivity index is -0.0000000275. The van der Waals surface area contributed by atoms with Crippen molar-refractivity contribution in [2.24, 2.45) is 0 Å². The van der Waals surface area contributed by atoms with Crippen LogP contribution in [-0.2, 0) is 24.1 Å². The third-order valence-corrected chi connectivity index (χ3v) is 0. The van der Waals surface area contributed by atoms with E-state index in [1.165, 1.54) is 0 Å². The Morgan fingerprint density at radius 1 is 1.17 bits per heavy atom. The van der Waals surface area contributed by atoms with Crippen molar-refractivity contribution in [2.75, 3.05) is 0 Å². The fraction of sp³-hybridized carbons (Fsp3) is 0. The second kappa shape index (κ2) is 64.3. The predicted molar refractivity (Wildman–Crippen MR) is 27.4 cm³/mol. The minimum absolute atomic E-state index is 0. The lowest BCUT2D eigenvalue weighted by molar-refractivity contribution is 0.630. The minimum atomic E-state index is -0.750. The molecule has 0 radical (unpaired) electrons. The maximum atomic E-state index is 8.29. The van der Waals surface area contributed by atoms with Gasteiger partial charge in [-0.05, 0) is 0 Å². The Hall–Kier alpha value is 0.190. The predicted octanol–water partition coefficient (Wildman–Crippen LogP) is -0.894. The van der Waals surface area contributed by atoms with E-state index < -0.39 is 11.6 Å². The molecule has 0 unspecified atom stereocenters. The first-order valence-corrected chi connectivity index (χ1v) is 1.50. The number of rotatable bonds is 0. The Morgan fingerprint density at radius 2 is 1.17 bits per heavy atom. The Morgan fingerprint density at radius 3 is 1.17 bits per heavy atom. The number of hydrogen-bond donors (Lipinski definition) is 0. The summed E-state index contributed by atoms with van der Waals surface area (Å²) in [7, 11) is 0. The summed E-state index contributed by atoms with van der Waals surface area (Å²) in [4.78, 5) is 0. The summed E-state index contributed by atoms with van der Waals surface area (Å²) in [5, 5.41) is 0. The van der Waals surface area contributed by atoms with Gasteiger partial charge in [-0.1, -0.05) is 0 Å². The molecule has 0 saturated carbocycles. The highest BCUT2D eigenvalue weighted by atomic mass is 32.1. The first-order valence-electron chi connectivity index (χ1n) is 0.500. The molecule has 0 bridgehead atoms. The largest absolute Gasteiger partial charge is 0.335 e. The number of hydrogen-bond acceptors (Lipinski definition) is 4. The molecule has 0 heterocycles. The summed E-state index contributed by atoms with van der Waals surface area (Å²) < 4.78 is 24.4. The molecule has 0 aliphatic rings. The fourth-order valence-corrected chi connectivity index (χ4v) is 0. The summed E-state index contributed by atoms with van der Waals surface area (Å²) in [6, 6.07) is 0. The first kappa shape index (κ1) is 16.4. The molecule has 0 aliphatic carbocycles.